The van der Waals surface area contributed by atoms with Crippen molar-refractivity contribution in [2.24, 2.45) is 29.1 Å². The Hall–Kier alpha value is -0.260. The van der Waals surface area contributed by atoms with Gasteiger partial charge in [0.2, 0.25) is 0 Å². The first-order valence-electron chi connectivity index (χ1n) is 7.49. The molecule has 0 aromatic carbocycles. The Morgan fingerprint density at radius 2 is 2.00 bits per heavy atom. The Morgan fingerprint density at radius 3 is 2.75 bits per heavy atom. The lowest BCUT2D eigenvalue weighted by atomic mass is 9.43. The van der Waals surface area contributed by atoms with Crippen LogP contribution in [0.1, 0.15) is 58.3 Å². The third-order valence-electron chi connectivity index (χ3n) is 6.71. The number of fused-ring (bicyclic) bond motifs is 1. The van der Waals surface area contributed by atoms with Crippen molar-refractivity contribution in [1.29, 1.82) is 0 Å². The van der Waals surface area contributed by atoms with Gasteiger partial charge in [-0.05, 0) is 74.0 Å². The second-order valence-corrected chi connectivity index (χ2v) is 7.07. The molecular weight excluding hydrogens is 192 g/mol. The number of hydrogen-bond acceptors (Lipinski definition) is 0. The molecule has 16 heavy (non-hydrogen) atoms. The summed E-state index contributed by atoms with van der Waals surface area (Å²) in [6.45, 7) is 2.57. The number of allylic oxidation sites excluding steroid dienone is 2. The zero-order valence-corrected chi connectivity index (χ0v) is 10.5. The maximum atomic E-state index is 2.73. The van der Waals surface area contributed by atoms with Crippen molar-refractivity contribution in [3.05, 3.63) is 11.6 Å². The average molecular weight is 216 g/mol. The first-order valence-corrected chi connectivity index (χ1v) is 7.49. The summed E-state index contributed by atoms with van der Waals surface area (Å²) in [6, 6.07) is 0. The predicted molar refractivity (Wildman–Crippen MR) is 67.1 cm³/mol. The van der Waals surface area contributed by atoms with Gasteiger partial charge in [-0.3, -0.25) is 0 Å². The molecule has 0 amide bonds. The normalized spacial score (nSPS) is 48.4. The van der Waals surface area contributed by atoms with Crippen LogP contribution in [-0.4, -0.2) is 0 Å². The lowest BCUT2D eigenvalue weighted by Crippen LogP contribution is -2.53. The summed E-state index contributed by atoms with van der Waals surface area (Å²) >= 11 is 0. The molecular formula is C16H24. The van der Waals surface area contributed by atoms with E-state index in [1.807, 2.05) is 5.57 Å². The first kappa shape index (κ1) is 9.74. The van der Waals surface area contributed by atoms with E-state index in [1.165, 1.54) is 32.1 Å². The molecule has 4 rings (SSSR count). The lowest BCUT2D eigenvalue weighted by Gasteiger charge is -2.62. The van der Waals surface area contributed by atoms with Crippen molar-refractivity contribution >= 4 is 0 Å². The zero-order chi connectivity index (χ0) is 10.8. The second kappa shape index (κ2) is 3.15. The zero-order valence-electron chi connectivity index (χ0n) is 10.5. The monoisotopic (exact) mass is 216 g/mol. The minimum Gasteiger partial charge on any atom is -0.0816 e. The van der Waals surface area contributed by atoms with Gasteiger partial charge >= 0.3 is 0 Å². The summed E-state index contributed by atoms with van der Waals surface area (Å²) in [7, 11) is 0. The quantitative estimate of drug-likeness (QED) is 0.521. The van der Waals surface area contributed by atoms with Gasteiger partial charge in [0.1, 0.15) is 0 Å². The molecule has 4 atom stereocenters. The molecule has 2 bridgehead atoms. The molecule has 4 unspecified atom stereocenters. The van der Waals surface area contributed by atoms with E-state index in [0.29, 0.717) is 0 Å². The van der Waals surface area contributed by atoms with Crippen molar-refractivity contribution in [3.8, 4) is 0 Å². The fourth-order valence-corrected chi connectivity index (χ4v) is 5.69. The lowest BCUT2D eigenvalue weighted by molar-refractivity contribution is -0.0986. The Balaban J connectivity index is 1.74. The van der Waals surface area contributed by atoms with Crippen molar-refractivity contribution < 1.29 is 0 Å². The molecule has 2 fully saturated rings. The van der Waals surface area contributed by atoms with E-state index < -0.39 is 0 Å². The smallest absolute Gasteiger partial charge is 0.0168 e. The Kier molecular flexibility index (Phi) is 1.91. The van der Waals surface area contributed by atoms with Gasteiger partial charge in [-0.2, -0.15) is 0 Å². The molecule has 4 aliphatic rings. The number of rotatable bonds is 0. The van der Waals surface area contributed by atoms with Gasteiger partial charge in [0.05, 0.1) is 0 Å². The predicted octanol–water partition coefficient (Wildman–Crippen LogP) is 4.56. The van der Waals surface area contributed by atoms with Gasteiger partial charge in [-0.25, -0.2) is 0 Å². The fourth-order valence-electron chi connectivity index (χ4n) is 5.69. The molecule has 0 aromatic rings. The van der Waals surface area contributed by atoms with Crippen LogP contribution in [0.2, 0.25) is 0 Å². The van der Waals surface area contributed by atoms with Crippen LogP contribution in [0.3, 0.4) is 0 Å². The molecule has 0 aromatic heterocycles. The number of hydrogen-bond donors (Lipinski definition) is 0. The fraction of sp³-hybridized carbons (Fsp3) is 0.875. The highest BCUT2D eigenvalue weighted by Crippen LogP contribution is 2.65. The summed E-state index contributed by atoms with van der Waals surface area (Å²) in [5.74, 6) is 4.18. The molecule has 2 saturated carbocycles. The average Bonchev–Trinajstić information content (AvgIpc) is 2.24. The summed E-state index contributed by atoms with van der Waals surface area (Å²) in [6.07, 6.45) is 14.9. The molecule has 88 valence electrons. The molecule has 0 aliphatic heterocycles. The summed E-state index contributed by atoms with van der Waals surface area (Å²) < 4.78 is 0. The van der Waals surface area contributed by atoms with Crippen LogP contribution in [0, 0.1) is 29.1 Å². The summed E-state index contributed by atoms with van der Waals surface area (Å²) in [5.41, 5.74) is 2.63. The molecule has 1 spiro atoms. The molecule has 0 nitrogen and oxygen atoms in total. The molecule has 0 radical (unpaired) electrons. The second-order valence-electron chi connectivity index (χ2n) is 7.07. The van der Waals surface area contributed by atoms with Crippen molar-refractivity contribution in [2.75, 3.05) is 0 Å². The third-order valence-corrected chi connectivity index (χ3v) is 6.71. The molecule has 0 N–H and O–H groups in total. The van der Waals surface area contributed by atoms with Gasteiger partial charge in [-0.15, -0.1) is 0 Å². The van der Waals surface area contributed by atoms with Crippen LogP contribution >= 0.6 is 0 Å². The highest BCUT2D eigenvalue weighted by Gasteiger charge is 2.56. The standard InChI is InChI=1S/C16H24/c1-11-9-13-5-3-12-4-6-15(14(13)10-12)16(11)7-2-8-16/h10-11,13-15H,2-9H2,1H3. The topological polar surface area (TPSA) is 0 Å². The van der Waals surface area contributed by atoms with Crippen LogP contribution in [0.15, 0.2) is 11.6 Å². The van der Waals surface area contributed by atoms with E-state index >= 15 is 0 Å². The van der Waals surface area contributed by atoms with Gasteiger partial charge in [0.25, 0.3) is 0 Å². The van der Waals surface area contributed by atoms with Crippen LogP contribution < -0.4 is 0 Å². The highest BCUT2D eigenvalue weighted by molar-refractivity contribution is 5.20. The van der Waals surface area contributed by atoms with E-state index in [1.54, 1.807) is 19.3 Å². The van der Waals surface area contributed by atoms with Gasteiger partial charge in [0, 0.05) is 0 Å². The van der Waals surface area contributed by atoms with Crippen LogP contribution in [0.4, 0.5) is 0 Å². The van der Waals surface area contributed by atoms with E-state index in [9.17, 15) is 0 Å². The van der Waals surface area contributed by atoms with Crippen molar-refractivity contribution in [2.45, 2.75) is 58.3 Å². The summed E-state index contributed by atoms with van der Waals surface area (Å²) in [4.78, 5) is 0. The Labute approximate surface area is 99.5 Å². The largest absolute Gasteiger partial charge is 0.0816 e. The maximum absolute atomic E-state index is 2.73. The first-order chi connectivity index (χ1) is 7.79. The molecule has 0 saturated heterocycles. The maximum Gasteiger partial charge on any atom is -0.0168 e. The molecule has 4 aliphatic carbocycles. The minimum absolute atomic E-state index is 0.806. The van der Waals surface area contributed by atoms with Crippen LogP contribution in [0.5, 0.6) is 0 Å². The van der Waals surface area contributed by atoms with E-state index in [0.717, 1.165) is 29.1 Å². The molecule has 0 heteroatoms. The van der Waals surface area contributed by atoms with E-state index in [2.05, 4.69) is 13.0 Å². The Morgan fingerprint density at radius 1 is 1.19 bits per heavy atom. The van der Waals surface area contributed by atoms with Gasteiger partial charge < -0.3 is 0 Å². The SMILES string of the molecule is CC1CC2CCC3=CC2C(CC3)C12CCC2. The molecule has 0 heterocycles. The third kappa shape index (κ3) is 1.07. The highest BCUT2D eigenvalue weighted by atomic mass is 14.6. The van der Waals surface area contributed by atoms with Gasteiger partial charge in [0.15, 0.2) is 0 Å². The van der Waals surface area contributed by atoms with Crippen LogP contribution in [-0.2, 0) is 0 Å². The van der Waals surface area contributed by atoms with Crippen molar-refractivity contribution in [1.82, 2.24) is 0 Å². The van der Waals surface area contributed by atoms with E-state index in [-0.39, 0.29) is 0 Å². The minimum atomic E-state index is 0.806. The van der Waals surface area contributed by atoms with Crippen molar-refractivity contribution in [3.63, 3.8) is 0 Å². The van der Waals surface area contributed by atoms with E-state index in [4.69, 9.17) is 0 Å². The Bertz CT molecular complexity index is 334. The van der Waals surface area contributed by atoms with Gasteiger partial charge in [-0.1, -0.05) is 25.0 Å². The van der Waals surface area contributed by atoms with Crippen LogP contribution in [0.25, 0.3) is 0 Å². The summed E-state index contributed by atoms with van der Waals surface area (Å²) in [5, 5.41) is 0.